The van der Waals surface area contributed by atoms with E-state index >= 15 is 0 Å². The summed E-state index contributed by atoms with van der Waals surface area (Å²) < 4.78 is 21.9. The minimum Gasteiger partial charge on any atom is -0.309 e. The Labute approximate surface area is 101 Å². The first-order valence-electron chi connectivity index (χ1n) is 4.91. The van der Waals surface area contributed by atoms with Crippen LogP contribution in [0.4, 0.5) is 0 Å². The van der Waals surface area contributed by atoms with Crippen molar-refractivity contribution in [2.45, 2.75) is 13.0 Å². The topological polar surface area (TPSA) is 59.1 Å². The van der Waals surface area contributed by atoms with Gasteiger partial charge in [0.05, 0.1) is 5.75 Å². The van der Waals surface area contributed by atoms with E-state index in [1.165, 1.54) is 6.26 Å². The Balaban J connectivity index is 2.54. The minimum atomic E-state index is -2.92. The van der Waals surface area contributed by atoms with Gasteiger partial charge in [0.25, 0.3) is 0 Å². The molecule has 1 rings (SSSR count). The third-order valence-corrected chi connectivity index (χ3v) is 3.44. The number of aromatic nitrogens is 1. The van der Waals surface area contributed by atoms with Crippen LogP contribution in [0.1, 0.15) is 18.5 Å². The summed E-state index contributed by atoms with van der Waals surface area (Å²) in [6.07, 6.45) is 2.84. The van der Waals surface area contributed by atoms with E-state index in [0.29, 0.717) is 11.7 Å². The predicted octanol–water partition coefficient (Wildman–Crippen LogP) is 1.43. The van der Waals surface area contributed by atoms with E-state index in [1.54, 1.807) is 12.3 Å². The lowest BCUT2D eigenvalue weighted by atomic mass is 10.1. The lowest BCUT2D eigenvalue weighted by Gasteiger charge is -2.14. The lowest BCUT2D eigenvalue weighted by Crippen LogP contribution is -2.25. The van der Waals surface area contributed by atoms with Gasteiger partial charge < -0.3 is 5.32 Å². The van der Waals surface area contributed by atoms with Gasteiger partial charge in [-0.05, 0) is 13.0 Å². The van der Waals surface area contributed by atoms with Gasteiger partial charge in [-0.2, -0.15) is 0 Å². The van der Waals surface area contributed by atoms with Gasteiger partial charge in [0.2, 0.25) is 0 Å². The summed E-state index contributed by atoms with van der Waals surface area (Å²) in [6, 6.07) is 3.66. The van der Waals surface area contributed by atoms with Gasteiger partial charge in [-0.15, -0.1) is 0 Å². The summed E-state index contributed by atoms with van der Waals surface area (Å²) in [5.41, 5.74) is 0.873. The molecule has 0 aromatic carbocycles. The molecule has 0 fully saturated rings. The molecule has 0 aliphatic rings. The van der Waals surface area contributed by atoms with Gasteiger partial charge in [0, 0.05) is 30.6 Å². The largest absolute Gasteiger partial charge is 0.309 e. The first-order valence-corrected chi connectivity index (χ1v) is 7.35. The standard InChI is InChI=1S/C10H15ClN2O2S/c1-8(12-6-7-16(2,14)15)9-4-3-5-13-10(9)11/h3-5,8,12H,6-7H2,1-2H3. The van der Waals surface area contributed by atoms with Crippen LogP contribution in [0.5, 0.6) is 0 Å². The lowest BCUT2D eigenvalue weighted by molar-refractivity contribution is 0.575. The summed E-state index contributed by atoms with van der Waals surface area (Å²) in [5, 5.41) is 3.54. The Kier molecular flexibility index (Phi) is 4.70. The van der Waals surface area contributed by atoms with E-state index in [9.17, 15) is 8.42 Å². The molecule has 16 heavy (non-hydrogen) atoms. The zero-order valence-corrected chi connectivity index (χ0v) is 10.8. The number of sulfone groups is 1. The van der Waals surface area contributed by atoms with Gasteiger partial charge in [0.1, 0.15) is 15.0 Å². The molecule has 0 saturated heterocycles. The van der Waals surface area contributed by atoms with Crippen molar-refractivity contribution in [1.82, 2.24) is 10.3 Å². The van der Waals surface area contributed by atoms with E-state index in [2.05, 4.69) is 10.3 Å². The van der Waals surface area contributed by atoms with Gasteiger partial charge in [0.15, 0.2) is 0 Å². The molecule has 6 heteroatoms. The second-order valence-electron chi connectivity index (χ2n) is 3.69. The Morgan fingerprint density at radius 2 is 2.25 bits per heavy atom. The van der Waals surface area contributed by atoms with Crippen molar-refractivity contribution in [2.24, 2.45) is 0 Å². The quantitative estimate of drug-likeness (QED) is 0.816. The summed E-state index contributed by atoms with van der Waals surface area (Å²) in [5.74, 6) is 0.120. The number of halogens is 1. The van der Waals surface area contributed by atoms with Gasteiger partial charge in [-0.3, -0.25) is 0 Å². The fourth-order valence-electron chi connectivity index (χ4n) is 1.29. The average molecular weight is 263 g/mol. The van der Waals surface area contributed by atoms with Crippen molar-refractivity contribution in [2.75, 3.05) is 18.6 Å². The molecule has 90 valence electrons. The summed E-state index contributed by atoms with van der Waals surface area (Å²) in [4.78, 5) is 3.96. The van der Waals surface area contributed by atoms with Crippen LogP contribution in [0.2, 0.25) is 5.15 Å². The number of pyridine rings is 1. The van der Waals surface area contributed by atoms with Crippen molar-refractivity contribution in [3.63, 3.8) is 0 Å². The fraction of sp³-hybridized carbons (Fsp3) is 0.500. The summed E-state index contributed by atoms with van der Waals surface area (Å²) in [7, 11) is -2.92. The molecule has 1 atom stereocenters. The predicted molar refractivity (Wildman–Crippen MR) is 65.4 cm³/mol. The highest BCUT2D eigenvalue weighted by Crippen LogP contribution is 2.19. The second kappa shape index (κ2) is 5.61. The number of rotatable bonds is 5. The Bertz CT molecular complexity index is 448. The molecule has 4 nitrogen and oxygen atoms in total. The zero-order valence-electron chi connectivity index (χ0n) is 9.27. The SMILES string of the molecule is CC(NCCS(C)(=O)=O)c1cccnc1Cl. The normalized spacial score (nSPS) is 13.7. The fourth-order valence-corrected chi connectivity index (χ4v) is 2.06. The van der Waals surface area contributed by atoms with Crippen molar-refractivity contribution < 1.29 is 8.42 Å². The first kappa shape index (κ1) is 13.4. The maximum absolute atomic E-state index is 10.9. The molecule has 1 aromatic heterocycles. The van der Waals surface area contributed by atoms with E-state index in [-0.39, 0.29) is 11.8 Å². The minimum absolute atomic E-state index is 0.0112. The number of nitrogens with zero attached hydrogens (tertiary/aromatic N) is 1. The van der Waals surface area contributed by atoms with Crippen LogP contribution in [-0.2, 0) is 9.84 Å². The maximum atomic E-state index is 10.9. The van der Waals surface area contributed by atoms with Crippen LogP contribution >= 0.6 is 11.6 Å². The van der Waals surface area contributed by atoms with Crippen LogP contribution in [0.3, 0.4) is 0 Å². The Hall–Kier alpha value is -0.650. The van der Waals surface area contributed by atoms with E-state index in [1.807, 2.05) is 13.0 Å². The molecule has 0 amide bonds. The highest BCUT2D eigenvalue weighted by Gasteiger charge is 2.10. The summed E-state index contributed by atoms with van der Waals surface area (Å²) in [6.45, 7) is 2.33. The van der Waals surface area contributed by atoms with Gasteiger partial charge in [-0.25, -0.2) is 13.4 Å². The Morgan fingerprint density at radius 3 is 2.81 bits per heavy atom. The van der Waals surface area contributed by atoms with Crippen molar-refractivity contribution in [3.8, 4) is 0 Å². The Morgan fingerprint density at radius 1 is 1.56 bits per heavy atom. The second-order valence-corrected chi connectivity index (χ2v) is 6.31. The van der Waals surface area contributed by atoms with E-state index in [4.69, 9.17) is 11.6 Å². The highest BCUT2D eigenvalue weighted by atomic mass is 35.5. The molecule has 0 saturated carbocycles. The monoisotopic (exact) mass is 262 g/mol. The average Bonchev–Trinajstić information content (AvgIpc) is 2.16. The molecule has 1 unspecified atom stereocenters. The smallest absolute Gasteiger partial charge is 0.148 e. The molecule has 0 bridgehead atoms. The van der Waals surface area contributed by atoms with Crippen LogP contribution in [0, 0.1) is 0 Å². The van der Waals surface area contributed by atoms with Crippen molar-refractivity contribution >= 4 is 21.4 Å². The third kappa shape index (κ3) is 4.47. The molecule has 0 aliphatic heterocycles. The molecule has 1 N–H and O–H groups in total. The summed E-state index contributed by atoms with van der Waals surface area (Å²) >= 11 is 5.92. The molecule has 1 heterocycles. The molecule has 1 aromatic rings. The highest BCUT2D eigenvalue weighted by molar-refractivity contribution is 7.90. The number of hydrogen-bond acceptors (Lipinski definition) is 4. The maximum Gasteiger partial charge on any atom is 0.148 e. The van der Waals surface area contributed by atoms with Crippen molar-refractivity contribution in [3.05, 3.63) is 29.0 Å². The number of nitrogens with one attached hydrogen (secondary N) is 1. The molecule has 0 spiro atoms. The third-order valence-electron chi connectivity index (χ3n) is 2.18. The van der Waals surface area contributed by atoms with Crippen LogP contribution < -0.4 is 5.32 Å². The molecular formula is C10H15ClN2O2S. The van der Waals surface area contributed by atoms with Crippen LogP contribution in [-0.4, -0.2) is 32.0 Å². The van der Waals surface area contributed by atoms with E-state index < -0.39 is 9.84 Å². The van der Waals surface area contributed by atoms with Gasteiger partial charge in [-0.1, -0.05) is 17.7 Å². The number of hydrogen-bond donors (Lipinski definition) is 1. The molecule has 0 radical (unpaired) electrons. The van der Waals surface area contributed by atoms with Crippen molar-refractivity contribution in [1.29, 1.82) is 0 Å². The molecule has 0 aliphatic carbocycles. The first-order chi connectivity index (χ1) is 7.40. The molecular weight excluding hydrogens is 248 g/mol. The van der Waals surface area contributed by atoms with E-state index in [0.717, 1.165) is 5.56 Å². The zero-order chi connectivity index (χ0) is 12.2. The van der Waals surface area contributed by atoms with Crippen LogP contribution in [0.25, 0.3) is 0 Å². The van der Waals surface area contributed by atoms with Crippen LogP contribution in [0.15, 0.2) is 18.3 Å². The van der Waals surface area contributed by atoms with Gasteiger partial charge >= 0.3 is 0 Å².